The number of carboxylic acid groups (broad SMARTS) is 1. The topological polar surface area (TPSA) is 376 Å². The Morgan fingerprint density at radius 1 is 0.909 bits per heavy atom. The number of ether oxygens (including phenoxy) is 6. The second kappa shape index (κ2) is 18.5. The molecule has 0 spiro atoms. The summed E-state index contributed by atoms with van der Waals surface area (Å²) in [6, 6.07) is 1.61. The summed E-state index contributed by atoms with van der Waals surface area (Å²) >= 11 is 0. The maximum atomic E-state index is 12.6. The van der Waals surface area contributed by atoms with Crippen molar-refractivity contribution in [2.45, 2.75) is 118 Å². The number of aliphatic hydroxyl groups excluding tert-OH is 9. The average Bonchev–Trinajstić information content (AvgIpc) is 3.13. The Kier molecular flexibility index (Phi) is 14.8. The molecule has 0 radical (unpaired) electrons. The number of nitro benzene ring substituents is 1. The largest absolute Gasteiger partial charge is 0.477 e. The molecule has 55 heavy (non-hydrogen) atoms. The van der Waals surface area contributed by atoms with Gasteiger partial charge in [0.05, 0.1) is 36.9 Å². The molecular weight excluding hydrogens is 750 g/mol. The Labute approximate surface area is 310 Å². The summed E-state index contributed by atoms with van der Waals surface area (Å²) in [6.45, 7) is -0.781. The molecule has 0 saturated carbocycles. The van der Waals surface area contributed by atoms with E-state index in [2.05, 4.69) is 10.6 Å². The zero-order valence-corrected chi connectivity index (χ0v) is 29.2. The van der Waals surface area contributed by atoms with Crippen molar-refractivity contribution in [3.8, 4) is 5.75 Å². The number of aliphatic carboxylic acids is 1. The first-order valence-electron chi connectivity index (χ1n) is 16.8. The number of carbonyl (C=O) groups is 3. The third-order valence-electron chi connectivity index (χ3n) is 9.15. The fourth-order valence-electron chi connectivity index (χ4n) is 6.31. The number of nitro groups is 1. The van der Waals surface area contributed by atoms with Gasteiger partial charge in [-0.25, -0.2) is 4.79 Å². The number of non-ortho nitro benzene ring substituents is 1. The normalized spacial score (nSPS) is 37.6. The molecule has 24 heteroatoms. The minimum absolute atomic E-state index is 0.0195. The van der Waals surface area contributed by atoms with Crippen LogP contribution in [0.5, 0.6) is 5.75 Å². The van der Waals surface area contributed by atoms with Crippen molar-refractivity contribution in [1.82, 2.24) is 10.6 Å². The van der Waals surface area contributed by atoms with Crippen molar-refractivity contribution in [1.29, 1.82) is 0 Å². The number of amides is 2. The van der Waals surface area contributed by atoms with Gasteiger partial charge >= 0.3 is 5.97 Å². The molecule has 2 amide bonds. The third kappa shape index (κ3) is 9.99. The molecule has 16 unspecified atom stereocenters. The summed E-state index contributed by atoms with van der Waals surface area (Å²) in [5, 5.41) is 121. The molecule has 3 aliphatic rings. The number of nitrogens with zero attached hydrogens (tertiary/aromatic N) is 1. The Morgan fingerprint density at radius 2 is 1.51 bits per heavy atom. The maximum absolute atomic E-state index is 12.6. The number of benzene rings is 1. The highest BCUT2D eigenvalue weighted by Crippen LogP contribution is 2.36. The van der Waals surface area contributed by atoms with E-state index in [4.69, 9.17) is 28.4 Å². The molecule has 3 fully saturated rings. The molecular formula is C31H45N3O21. The molecule has 3 saturated heterocycles. The predicted molar refractivity (Wildman–Crippen MR) is 173 cm³/mol. The fraction of sp³-hybridized carbons (Fsp3) is 0.710. The quantitative estimate of drug-likeness (QED) is 0.0580. The van der Waals surface area contributed by atoms with E-state index in [1.807, 2.05) is 0 Å². The molecule has 3 heterocycles. The molecule has 24 nitrogen and oxygen atoms in total. The number of carboxylic acids is 1. The van der Waals surface area contributed by atoms with Crippen molar-refractivity contribution < 1.29 is 98.8 Å². The summed E-state index contributed by atoms with van der Waals surface area (Å²) in [5.74, 6) is -6.27. The molecule has 1 aromatic rings. The maximum Gasteiger partial charge on any atom is 0.364 e. The van der Waals surface area contributed by atoms with E-state index in [1.54, 1.807) is 0 Å². The van der Waals surface area contributed by atoms with Crippen molar-refractivity contribution in [2.75, 3.05) is 19.8 Å². The second-order valence-corrected chi connectivity index (χ2v) is 13.1. The Morgan fingerprint density at radius 3 is 2.05 bits per heavy atom. The monoisotopic (exact) mass is 795 g/mol. The van der Waals surface area contributed by atoms with Gasteiger partial charge < -0.3 is 90.1 Å². The summed E-state index contributed by atoms with van der Waals surface area (Å²) in [6.07, 6.45) is -25.3. The van der Waals surface area contributed by atoms with Crippen molar-refractivity contribution in [3.63, 3.8) is 0 Å². The molecule has 310 valence electrons. The van der Waals surface area contributed by atoms with Crippen LogP contribution in [0.2, 0.25) is 0 Å². The minimum Gasteiger partial charge on any atom is -0.477 e. The van der Waals surface area contributed by atoms with Gasteiger partial charge in [0.2, 0.25) is 18.1 Å². The lowest BCUT2D eigenvalue weighted by Gasteiger charge is -2.48. The highest BCUT2D eigenvalue weighted by atomic mass is 16.8. The lowest BCUT2D eigenvalue weighted by atomic mass is 9.88. The van der Waals surface area contributed by atoms with Crippen LogP contribution >= 0.6 is 0 Å². The zero-order chi connectivity index (χ0) is 40.9. The first-order valence-corrected chi connectivity index (χ1v) is 16.8. The SMILES string of the molecule is CC(=O)NC1C(O)CC(OCC2OC(OC3C(O)C(CO)OC(Oc4ccc([N+](=O)[O-])cc4)C3NC(C)=O)C(O)C(O)C2O)(C(=O)O)OC1C(O)C(O)CO. The van der Waals surface area contributed by atoms with Gasteiger partial charge in [-0.15, -0.1) is 0 Å². The van der Waals surface area contributed by atoms with Gasteiger partial charge in [-0.3, -0.25) is 19.7 Å². The van der Waals surface area contributed by atoms with E-state index in [9.17, 15) is 75.6 Å². The van der Waals surface area contributed by atoms with Gasteiger partial charge in [0, 0.05) is 32.4 Å². The van der Waals surface area contributed by atoms with Crippen LogP contribution in [0.1, 0.15) is 20.3 Å². The van der Waals surface area contributed by atoms with Crippen molar-refractivity contribution in [3.05, 3.63) is 34.4 Å². The van der Waals surface area contributed by atoms with Crippen molar-refractivity contribution >= 4 is 23.5 Å². The average molecular weight is 796 g/mol. The van der Waals surface area contributed by atoms with E-state index in [0.29, 0.717) is 0 Å². The van der Waals surface area contributed by atoms with E-state index >= 15 is 0 Å². The summed E-state index contributed by atoms with van der Waals surface area (Å²) in [7, 11) is 0. The van der Waals surface area contributed by atoms with Crippen LogP contribution in [0.4, 0.5) is 5.69 Å². The number of hydrogen-bond acceptors (Lipinski definition) is 20. The fourth-order valence-corrected chi connectivity index (χ4v) is 6.31. The van der Waals surface area contributed by atoms with Crippen LogP contribution in [-0.4, -0.2) is 191 Å². The summed E-state index contributed by atoms with van der Waals surface area (Å²) in [4.78, 5) is 47.1. The number of aliphatic hydroxyl groups is 9. The van der Waals surface area contributed by atoms with Gasteiger partial charge in [-0.2, -0.15) is 0 Å². The van der Waals surface area contributed by atoms with Gasteiger partial charge in [0.15, 0.2) is 6.29 Å². The third-order valence-corrected chi connectivity index (χ3v) is 9.15. The van der Waals surface area contributed by atoms with Gasteiger partial charge in [-0.1, -0.05) is 0 Å². The first kappa shape index (κ1) is 44.0. The van der Waals surface area contributed by atoms with E-state index < -0.39 is 147 Å². The molecule has 16 atom stereocenters. The van der Waals surface area contributed by atoms with Gasteiger partial charge in [0.25, 0.3) is 11.5 Å². The second-order valence-electron chi connectivity index (χ2n) is 13.1. The van der Waals surface area contributed by atoms with Crippen LogP contribution in [-0.2, 0) is 38.1 Å². The standard InChI is InChI=1S/C31H45N3O21/c1-11(37)32-19-15(39)7-31(30(46)47,55-27(19)21(41)16(40)8-35)50-10-18-22(42)24(44)25(45)29(53-18)54-26-20(33-12(2)38)28(52-17(9-36)23(26)43)51-14-5-3-13(4-6-14)34(48)49/h3-6,15-29,35-36,39-45H,7-10H2,1-2H3,(H,32,37)(H,33,38)(H,46,47). The molecule has 0 aliphatic carbocycles. The predicted octanol–water partition coefficient (Wildman–Crippen LogP) is -6.08. The van der Waals surface area contributed by atoms with E-state index in [1.165, 1.54) is 12.1 Å². The van der Waals surface area contributed by atoms with Crippen molar-refractivity contribution in [2.24, 2.45) is 0 Å². The molecule has 12 N–H and O–H groups in total. The summed E-state index contributed by atoms with van der Waals surface area (Å²) < 4.78 is 34.0. The first-order chi connectivity index (χ1) is 25.8. The minimum atomic E-state index is -2.89. The Bertz CT molecular complexity index is 1490. The smallest absolute Gasteiger partial charge is 0.364 e. The van der Waals surface area contributed by atoms with Gasteiger partial charge in [0.1, 0.15) is 72.8 Å². The highest BCUT2D eigenvalue weighted by Gasteiger charge is 2.57. The van der Waals surface area contributed by atoms with Gasteiger partial charge in [-0.05, 0) is 12.1 Å². The number of nitrogens with one attached hydrogen (secondary N) is 2. The number of carbonyl (C=O) groups excluding carboxylic acids is 2. The molecule has 1 aromatic carbocycles. The zero-order valence-electron chi connectivity index (χ0n) is 29.2. The van der Waals surface area contributed by atoms with Crippen LogP contribution in [0.25, 0.3) is 0 Å². The Hall–Kier alpha value is -3.73. The summed E-state index contributed by atoms with van der Waals surface area (Å²) in [5.41, 5.74) is -0.282. The lowest BCUT2D eigenvalue weighted by molar-refractivity contribution is -0.384. The van der Waals surface area contributed by atoms with Crippen LogP contribution in [0, 0.1) is 10.1 Å². The molecule has 0 bridgehead atoms. The number of rotatable bonds is 15. The molecule has 4 rings (SSSR count). The Balaban J connectivity index is 1.59. The van der Waals surface area contributed by atoms with E-state index in [0.717, 1.165) is 26.0 Å². The van der Waals surface area contributed by atoms with Crippen LogP contribution in [0.15, 0.2) is 24.3 Å². The number of hydrogen-bond donors (Lipinski definition) is 12. The van der Waals surface area contributed by atoms with E-state index in [-0.39, 0.29) is 11.4 Å². The lowest BCUT2D eigenvalue weighted by Crippen LogP contribution is -2.69. The highest BCUT2D eigenvalue weighted by molar-refractivity contribution is 5.76. The molecule has 0 aromatic heterocycles. The van der Waals surface area contributed by atoms with Crippen LogP contribution < -0.4 is 15.4 Å². The van der Waals surface area contributed by atoms with Crippen LogP contribution in [0.3, 0.4) is 0 Å². The molecule has 3 aliphatic heterocycles.